The van der Waals surface area contributed by atoms with Gasteiger partial charge >= 0.3 is 0 Å². The maximum absolute atomic E-state index is 12.0. The Balaban J connectivity index is 1.05. The molecule has 0 radical (unpaired) electrons. The summed E-state index contributed by atoms with van der Waals surface area (Å²) >= 11 is 0. The van der Waals surface area contributed by atoms with E-state index < -0.39 is 0 Å². The van der Waals surface area contributed by atoms with E-state index in [0.29, 0.717) is 39.0 Å². The van der Waals surface area contributed by atoms with Gasteiger partial charge in [-0.25, -0.2) is 4.98 Å². The van der Waals surface area contributed by atoms with Crippen LogP contribution >= 0.6 is 0 Å². The number of imidazole rings is 1. The molecule has 2 N–H and O–H groups in total. The maximum atomic E-state index is 12.0. The minimum absolute atomic E-state index is 0.0345. The number of likely N-dealkylation sites (N-methyl/N-ethyl adjacent to an activating group) is 1. The van der Waals surface area contributed by atoms with Crippen molar-refractivity contribution >= 4 is 34.0 Å². The van der Waals surface area contributed by atoms with E-state index >= 15 is 0 Å². The van der Waals surface area contributed by atoms with Crippen LogP contribution in [-0.2, 0) is 11.2 Å². The van der Waals surface area contributed by atoms with Crippen LogP contribution in [0.2, 0.25) is 0 Å². The first-order valence-electron chi connectivity index (χ1n) is 15.2. The number of nitrogens with one attached hydrogen (secondary N) is 2. The first-order chi connectivity index (χ1) is 21.6. The molecular formula is C33H37N9O2. The van der Waals surface area contributed by atoms with Crippen molar-refractivity contribution in [3.63, 3.8) is 0 Å². The van der Waals surface area contributed by atoms with Crippen molar-refractivity contribution in [3.05, 3.63) is 82.2 Å². The lowest BCUT2D eigenvalue weighted by molar-refractivity contribution is -0.121. The zero-order valence-electron chi connectivity index (χ0n) is 25.0. The van der Waals surface area contributed by atoms with Crippen molar-refractivity contribution in [1.82, 2.24) is 20.2 Å². The molecule has 1 aromatic heterocycles. The number of carbonyl (C=O) groups is 1. The van der Waals surface area contributed by atoms with Crippen LogP contribution in [0.15, 0.2) is 70.8 Å². The summed E-state index contributed by atoms with van der Waals surface area (Å²) in [6.45, 7) is 5.60. The highest BCUT2D eigenvalue weighted by atomic mass is 16.5. The number of aliphatic imine (C=N–C) groups is 1. The van der Waals surface area contributed by atoms with Gasteiger partial charge in [0.2, 0.25) is 5.91 Å². The number of nitrogens with zero attached hydrogens (tertiary/aromatic N) is 7. The molecule has 6 rings (SSSR count). The minimum atomic E-state index is -0.0345. The van der Waals surface area contributed by atoms with Gasteiger partial charge in [-0.1, -0.05) is 23.3 Å². The number of aromatic nitrogens is 2. The molecule has 0 spiro atoms. The van der Waals surface area contributed by atoms with E-state index in [1.807, 2.05) is 30.3 Å². The Labute approximate surface area is 256 Å². The third-order valence-corrected chi connectivity index (χ3v) is 8.10. The monoisotopic (exact) mass is 591 g/mol. The largest absolute Gasteiger partial charge is 0.494 e. The van der Waals surface area contributed by atoms with Crippen LogP contribution in [-0.4, -0.2) is 79.4 Å². The molecule has 11 heteroatoms. The highest BCUT2D eigenvalue weighted by Crippen LogP contribution is 2.33. The molecule has 2 aliphatic rings. The standard InChI is InChI=1S/C33H37N9O2/c1-41-14-16-42(17-15-41)26-9-11-28-25(19-26)22-30(37-28)23-8-10-29-31(21-23)39-33(38-29)24-5-2-6-27(20-24)44-18-3-7-32(43)35-12-4-13-36-40-34/h2,5-6,8-11,19-21H,3-4,7,12-18,22H2,1H3,(H,35,43)(H,38,39). The summed E-state index contributed by atoms with van der Waals surface area (Å²) in [4.78, 5) is 32.8. The summed E-state index contributed by atoms with van der Waals surface area (Å²) in [5.41, 5.74) is 16.9. The molecule has 226 valence electrons. The summed E-state index contributed by atoms with van der Waals surface area (Å²) in [7, 11) is 2.18. The Hall–Kier alpha value is -4.86. The van der Waals surface area contributed by atoms with Crippen molar-refractivity contribution < 1.29 is 9.53 Å². The van der Waals surface area contributed by atoms with Gasteiger partial charge in [0.15, 0.2) is 0 Å². The van der Waals surface area contributed by atoms with E-state index in [-0.39, 0.29) is 5.91 Å². The quantitative estimate of drug-likeness (QED) is 0.0952. The second-order valence-corrected chi connectivity index (χ2v) is 11.3. The van der Waals surface area contributed by atoms with Gasteiger partial charge in [0.25, 0.3) is 0 Å². The van der Waals surface area contributed by atoms with Gasteiger partial charge in [0, 0.05) is 68.3 Å². The number of amides is 1. The molecule has 2 aliphatic heterocycles. The lowest BCUT2D eigenvalue weighted by Crippen LogP contribution is -2.44. The highest BCUT2D eigenvalue weighted by molar-refractivity contribution is 6.08. The Morgan fingerprint density at radius 2 is 1.95 bits per heavy atom. The molecular weight excluding hydrogens is 554 g/mol. The second kappa shape index (κ2) is 13.6. The van der Waals surface area contributed by atoms with Crippen LogP contribution in [0.4, 0.5) is 11.4 Å². The molecule has 1 amide bonds. The molecule has 0 saturated carbocycles. The first-order valence-corrected chi connectivity index (χ1v) is 15.2. The molecule has 0 unspecified atom stereocenters. The molecule has 0 aliphatic carbocycles. The number of anilines is 1. The maximum Gasteiger partial charge on any atom is 0.220 e. The smallest absolute Gasteiger partial charge is 0.220 e. The molecule has 11 nitrogen and oxygen atoms in total. The molecule has 44 heavy (non-hydrogen) atoms. The van der Waals surface area contributed by atoms with Crippen molar-refractivity contribution in [2.24, 2.45) is 10.1 Å². The number of carbonyl (C=O) groups excluding carboxylic acids is 1. The van der Waals surface area contributed by atoms with Gasteiger partial charge in [-0.05, 0) is 79.0 Å². The lowest BCUT2D eigenvalue weighted by atomic mass is 10.0. The van der Waals surface area contributed by atoms with Gasteiger partial charge in [-0.3, -0.25) is 9.79 Å². The SMILES string of the molecule is CN1CCN(c2ccc3c(c2)CC(c2ccc4nc(-c5cccc(OCCCC(=O)NCCCN=[N+]=[N-])c5)[nH]c4c2)=N3)CC1. The number of azide groups is 1. The zero-order valence-corrected chi connectivity index (χ0v) is 25.0. The van der Waals surface area contributed by atoms with Crippen LogP contribution in [0.25, 0.3) is 32.9 Å². The van der Waals surface area contributed by atoms with Crippen LogP contribution in [0.1, 0.15) is 30.4 Å². The van der Waals surface area contributed by atoms with Crippen LogP contribution in [0.3, 0.4) is 0 Å². The molecule has 3 heterocycles. The predicted molar refractivity (Wildman–Crippen MR) is 174 cm³/mol. The molecule has 1 saturated heterocycles. The van der Waals surface area contributed by atoms with Gasteiger partial charge in [-0.15, -0.1) is 0 Å². The topological polar surface area (TPSA) is 135 Å². The fourth-order valence-corrected chi connectivity index (χ4v) is 5.61. The van der Waals surface area contributed by atoms with E-state index in [1.165, 1.54) is 11.3 Å². The molecule has 1 fully saturated rings. The summed E-state index contributed by atoms with van der Waals surface area (Å²) < 4.78 is 5.92. The Bertz CT molecular complexity index is 1720. The van der Waals surface area contributed by atoms with Gasteiger partial charge in [-0.2, -0.15) is 0 Å². The average molecular weight is 592 g/mol. The van der Waals surface area contributed by atoms with Crippen LogP contribution in [0.5, 0.6) is 5.75 Å². The van der Waals surface area contributed by atoms with Gasteiger partial charge in [0.1, 0.15) is 11.6 Å². The third kappa shape index (κ3) is 7.02. The van der Waals surface area contributed by atoms with Gasteiger partial charge < -0.3 is 24.8 Å². The van der Waals surface area contributed by atoms with E-state index in [1.54, 1.807) is 0 Å². The van der Waals surface area contributed by atoms with Crippen LogP contribution in [0, 0.1) is 0 Å². The predicted octanol–water partition coefficient (Wildman–Crippen LogP) is 5.63. The molecule has 0 atom stereocenters. The average Bonchev–Trinajstić information content (AvgIpc) is 3.67. The molecule has 4 aromatic rings. The zero-order chi connectivity index (χ0) is 30.3. The summed E-state index contributed by atoms with van der Waals surface area (Å²) in [6, 6.07) is 20.8. The minimum Gasteiger partial charge on any atom is -0.494 e. The van der Waals surface area contributed by atoms with Crippen molar-refractivity contribution in [1.29, 1.82) is 0 Å². The van der Waals surface area contributed by atoms with Crippen LogP contribution < -0.4 is 15.0 Å². The number of benzene rings is 3. The number of piperazine rings is 1. The summed E-state index contributed by atoms with van der Waals surface area (Å²) in [6.07, 6.45) is 2.43. The van der Waals surface area contributed by atoms with E-state index in [2.05, 4.69) is 67.5 Å². The highest BCUT2D eigenvalue weighted by Gasteiger charge is 2.20. The van der Waals surface area contributed by atoms with Crippen molar-refractivity contribution in [3.8, 4) is 17.1 Å². The second-order valence-electron chi connectivity index (χ2n) is 11.3. The molecule has 0 bridgehead atoms. The van der Waals surface area contributed by atoms with Gasteiger partial charge in [0.05, 0.1) is 29.0 Å². The number of hydrogen-bond donors (Lipinski definition) is 2. The number of fused-ring (bicyclic) bond motifs is 2. The Morgan fingerprint density at radius 3 is 2.82 bits per heavy atom. The number of ether oxygens (including phenoxy) is 1. The first kappa shape index (κ1) is 29.2. The summed E-state index contributed by atoms with van der Waals surface area (Å²) in [5.74, 6) is 1.47. The lowest BCUT2D eigenvalue weighted by Gasteiger charge is -2.34. The van der Waals surface area contributed by atoms with E-state index in [0.717, 1.165) is 77.7 Å². The Morgan fingerprint density at radius 1 is 1.07 bits per heavy atom. The number of H-pyrrole nitrogens is 1. The summed E-state index contributed by atoms with van der Waals surface area (Å²) in [5, 5.41) is 6.28. The fourth-order valence-electron chi connectivity index (χ4n) is 5.61. The normalized spacial score (nSPS) is 14.7. The Kier molecular flexibility index (Phi) is 9.05. The van der Waals surface area contributed by atoms with Crippen molar-refractivity contribution in [2.75, 3.05) is 57.8 Å². The van der Waals surface area contributed by atoms with Crippen molar-refractivity contribution in [2.45, 2.75) is 25.7 Å². The fraction of sp³-hybridized carbons (Fsp3) is 0.364. The number of aromatic amines is 1. The number of hydrogen-bond acceptors (Lipinski definition) is 7. The van der Waals surface area contributed by atoms with E-state index in [9.17, 15) is 4.79 Å². The van der Waals surface area contributed by atoms with E-state index in [4.69, 9.17) is 20.2 Å². The molecule has 3 aromatic carbocycles. The number of rotatable bonds is 12. The third-order valence-electron chi connectivity index (χ3n) is 8.10.